The number of aromatic nitrogens is 2. The van der Waals surface area contributed by atoms with Crippen LogP contribution in [0.5, 0.6) is 0 Å². The van der Waals surface area contributed by atoms with Gasteiger partial charge in [-0.1, -0.05) is 66.2 Å². The van der Waals surface area contributed by atoms with Crippen LogP contribution in [0.2, 0.25) is 0 Å². The van der Waals surface area contributed by atoms with Gasteiger partial charge in [0.1, 0.15) is 11.6 Å². The number of rotatable bonds is 5. The highest BCUT2D eigenvalue weighted by atomic mass is 15.1. The molecule has 1 fully saturated rings. The maximum atomic E-state index is 6.46. The van der Waals surface area contributed by atoms with E-state index in [1.165, 1.54) is 50.8 Å². The van der Waals surface area contributed by atoms with Gasteiger partial charge in [0.05, 0.1) is 5.69 Å². The molecule has 0 spiro atoms. The fourth-order valence-corrected chi connectivity index (χ4v) is 3.45. The predicted molar refractivity (Wildman–Crippen MR) is 90.5 cm³/mol. The van der Waals surface area contributed by atoms with Crippen molar-refractivity contribution in [3.8, 4) is 0 Å². The maximum Gasteiger partial charge on any atom is 0.126 e. The molecule has 0 aliphatic heterocycles. The zero-order valence-electron chi connectivity index (χ0n) is 14.4. The van der Waals surface area contributed by atoms with Gasteiger partial charge in [0.2, 0.25) is 0 Å². The molecule has 2 rings (SSSR count). The Bertz CT molecular complexity index is 448. The molecule has 0 bridgehead atoms. The van der Waals surface area contributed by atoms with Crippen LogP contribution in [0.1, 0.15) is 84.2 Å². The van der Waals surface area contributed by atoms with Gasteiger partial charge < -0.3 is 10.3 Å². The lowest BCUT2D eigenvalue weighted by molar-refractivity contribution is 0.354. The standard InChI is InChI=1S/C18H33N3/c1-5-6-12-21-16(19)15(20-17(21)18(2,3)4)13-14-10-8-7-9-11-14/h14H,5-13,19H2,1-4H3. The summed E-state index contributed by atoms with van der Waals surface area (Å²) in [5.74, 6) is 2.89. The molecule has 1 heterocycles. The lowest BCUT2D eigenvalue weighted by atomic mass is 9.86. The first-order chi connectivity index (χ1) is 9.93. The molecule has 3 heteroatoms. The Balaban J connectivity index is 2.22. The molecule has 3 nitrogen and oxygen atoms in total. The van der Waals surface area contributed by atoms with Crippen LogP contribution in [-0.4, -0.2) is 9.55 Å². The number of hydrogen-bond donors (Lipinski definition) is 1. The Hall–Kier alpha value is -0.990. The SMILES string of the molecule is CCCCn1c(C(C)(C)C)nc(CC2CCCCC2)c1N. The quantitative estimate of drug-likeness (QED) is 0.855. The lowest BCUT2D eigenvalue weighted by Gasteiger charge is -2.20. The van der Waals surface area contributed by atoms with E-state index in [1.807, 2.05) is 0 Å². The van der Waals surface area contributed by atoms with Gasteiger partial charge in [-0.3, -0.25) is 0 Å². The Labute approximate surface area is 130 Å². The highest BCUT2D eigenvalue weighted by Crippen LogP contribution is 2.31. The van der Waals surface area contributed by atoms with Crippen molar-refractivity contribution in [3.05, 3.63) is 11.5 Å². The van der Waals surface area contributed by atoms with E-state index in [1.54, 1.807) is 0 Å². The summed E-state index contributed by atoms with van der Waals surface area (Å²) in [7, 11) is 0. The van der Waals surface area contributed by atoms with Crippen molar-refractivity contribution >= 4 is 5.82 Å². The first kappa shape index (κ1) is 16.4. The minimum atomic E-state index is 0.0622. The van der Waals surface area contributed by atoms with Gasteiger partial charge >= 0.3 is 0 Å². The summed E-state index contributed by atoms with van der Waals surface area (Å²) in [6, 6.07) is 0. The van der Waals surface area contributed by atoms with E-state index >= 15 is 0 Å². The summed E-state index contributed by atoms with van der Waals surface area (Å²) in [6.07, 6.45) is 10.3. The summed E-state index contributed by atoms with van der Waals surface area (Å²) >= 11 is 0. The van der Waals surface area contributed by atoms with Crippen molar-refractivity contribution in [2.45, 2.75) is 91.0 Å². The van der Waals surface area contributed by atoms with E-state index in [0.717, 1.165) is 30.4 Å². The monoisotopic (exact) mass is 291 g/mol. The zero-order chi connectivity index (χ0) is 15.5. The van der Waals surface area contributed by atoms with Gasteiger partial charge in [-0.05, 0) is 18.8 Å². The molecule has 1 aliphatic rings. The van der Waals surface area contributed by atoms with Crippen LogP contribution in [-0.2, 0) is 18.4 Å². The van der Waals surface area contributed by atoms with E-state index in [9.17, 15) is 0 Å². The summed E-state index contributed by atoms with van der Waals surface area (Å²) in [6.45, 7) is 9.95. The van der Waals surface area contributed by atoms with Crippen molar-refractivity contribution in [2.75, 3.05) is 5.73 Å². The van der Waals surface area contributed by atoms with Gasteiger partial charge in [-0.15, -0.1) is 0 Å². The second kappa shape index (κ2) is 6.85. The highest BCUT2D eigenvalue weighted by molar-refractivity contribution is 5.40. The fraction of sp³-hybridized carbons (Fsp3) is 0.833. The summed E-state index contributed by atoms with van der Waals surface area (Å²) < 4.78 is 2.28. The minimum absolute atomic E-state index is 0.0622. The molecular weight excluding hydrogens is 258 g/mol. The van der Waals surface area contributed by atoms with Crippen LogP contribution in [0.4, 0.5) is 5.82 Å². The number of nitrogens with two attached hydrogens (primary N) is 1. The maximum absolute atomic E-state index is 6.46. The molecule has 2 N–H and O–H groups in total. The third-order valence-electron chi connectivity index (χ3n) is 4.70. The largest absolute Gasteiger partial charge is 0.384 e. The third-order valence-corrected chi connectivity index (χ3v) is 4.70. The van der Waals surface area contributed by atoms with Crippen LogP contribution in [0, 0.1) is 5.92 Å². The summed E-state index contributed by atoms with van der Waals surface area (Å²) in [4.78, 5) is 4.97. The Morgan fingerprint density at radius 3 is 2.43 bits per heavy atom. The Morgan fingerprint density at radius 2 is 1.86 bits per heavy atom. The normalized spacial score (nSPS) is 17.3. The molecule has 21 heavy (non-hydrogen) atoms. The molecular formula is C18H33N3. The highest BCUT2D eigenvalue weighted by Gasteiger charge is 2.26. The number of nitrogen functional groups attached to an aromatic ring is 1. The second-order valence-electron chi connectivity index (χ2n) is 7.73. The Morgan fingerprint density at radius 1 is 1.19 bits per heavy atom. The molecule has 0 saturated heterocycles. The van der Waals surface area contributed by atoms with E-state index in [0.29, 0.717) is 0 Å². The molecule has 1 aliphatic carbocycles. The van der Waals surface area contributed by atoms with Crippen molar-refractivity contribution in [2.24, 2.45) is 5.92 Å². The second-order valence-corrected chi connectivity index (χ2v) is 7.73. The molecule has 120 valence electrons. The van der Waals surface area contributed by atoms with E-state index in [4.69, 9.17) is 10.7 Å². The van der Waals surface area contributed by atoms with E-state index in [-0.39, 0.29) is 5.41 Å². The molecule has 0 atom stereocenters. The van der Waals surface area contributed by atoms with Crippen molar-refractivity contribution in [3.63, 3.8) is 0 Å². The van der Waals surface area contributed by atoms with E-state index < -0.39 is 0 Å². The number of imidazole rings is 1. The minimum Gasteiger partial charge on any atom is -0.384 e. The Kier molecular flexibility index (Phi) is 5.34. The van der Waals surface area contributed by atoms with Crippen LogP contribution in [0.15, 0.2) is 0 Å². The van der Waals surface area contributed by atoms with Crippen LogP contribution >= 0.6 is 0 Å². The molecule has 1 aromatic heterocycles. The summed E-state index contributed by atoms with van der Waals surface area (Å²) in [5.41, 5.74) is 7.68. The smallest absolute Gasteiger partial charge is 0.126 e. The first-order valence-electron chi connectivity index (χ1n) is 8.78. The molecule has 0 radical (unpaired) electrons. The van der Waals surface area contributed by atoms with Crippen LogP contribution in [0.25, 0.3) is 0 Å². The van der Waals surface area contributed by atoms with Crippen molar-refractivity contribution < 1.29 is 0 Å². The number of hydrogen-bond acceptors (Lipinski definition) is 2. The van der Waals surface area contributed by atoms with Crippen LogP contribution < -0.4 is 5.73 Å². The summed E-state index contributed by atoms with van der Waals surface area (Å²) in [5, 5.41) is 0. The average Bonchev–Trinajstić information content (AvgIpc) is 2.75. The lowest BCUT2D eigenvalue weighted by Crippen LogP contribution is -2.20. The zero-order valence-corrected chi connectivity index (χ0v) is 14.4. The number of anilines is 1. The van der Waals surface area contributed by atoms with Gasteiger partial charge in [-0.25, -0.2) is 4.98 Å². The van der Waals surface area contributed by atoms with Gasteiger partial charge in [0.25, 0.3) is 0 Å². The first-order valence-corrected chi connectivity index (χ1v) is 8.78. The van der Waals surface area contributed by atoms with Crippen molar-refractivity contribution in [1.29, 1.82) is 0 Å². The van der Waals surface area contributed by atoms with E-state index in [2.05, 4.69) is 32.3 Å². The number of nitrogens with zero attached hydrogens (tertiary/aromatic N) is 2. The molecule has 0 aromatic carbocycles. The van der Waals surface area contributed by atoms with Crippen LogP contribution in [0.3, 0.4) is 0 Å². The topological polar surface area (TPSA) is 43.8 Å². The molecule has 0 unspecified atom stereocenters. The van der Waals surface area contributed by atoms with Gasteiger partial charge in [-0.2, -0.15) is 0 Å². The van der Waals surface area contributed by atoms with Gasteiger partial charge in [0, 0.05) is 12.0 Å². The average molecular weight is 291 g/mol. The van der Waals surface area contributed by atoms with Crippen molar-refractivity contribution in [1.82, 2.24) is 9.55 Å². The fourth-order valence-electron chi connectivity index (χ4n) is 3.45. The molecule has 1 aromatic rings. The molecule has 0 amide bonds. The third kappa shape index (κ3) is 4.02. The molecule has 1 saturated carbocycles. The predicted octanol–water partition coefficient (Wildman–Crippen LogP) is 4.69. The van der Waals surface area contributed by atoms with Gasteiger partial charge in [0.15, 0.2) is 0 Å². The number of unbranched alkanes of at least 4 members (excludes halogenated alkanes) is 1.